The predicted molar refractivity (Wildman–Crippen MR) is 174 cm³/mol. The van der Waals surface area contributed by atoms with E-state index in [0.29, 0.717) is 41.9 Å². The van der Waals surface area contributed by atoms with E-state index in [9.17, 15) is 29.7 Å². The minimum Gasteiger partial charge on any atom is -0.480 e. The van der Waals surface area contributed by atoms with Gasteiger partial charge in [0.2, 0.25) is 11.8 Å². The van der Waals surface area contributed by atoms with Crippen LogP contribution in [0.5, 0.6) is 0 Å². The van der Waals surface area contributed by atoms with Crippen LogP contribution in [0.3, 0.4) is 0 Å². The Balaban J connectivity index is 1.14. The molecule has 0 unspecified atom stereocenters. The summed E-state index contributed by atoms with van der Waals surface area (Å²) in [6.07, 6.45) is 8.48. The minimum atomic E-state index is -1.13. The zero-order valence-electron chi connectivity index (χ0n) is 28.0. The molecule has 8 heteroatoms. The molecule has 5 N–H and O–H groups in total. The van der Waals surface area contributed by atoms with Crippen LogP contribution in [0.4, 0.5) is 5.69 Å². The van der Waals surface area contributed by atoms with Crippen molar-refractivity contribution in [3.8, 4) is 0 Å². The topological polar surface area (TPSA) is 136 Å². The number of hydrogen-bond donors (Lipinski definition) is 5. The number of carbonyl (C=O) groups is 3. The van der Waals surface area contributed by atoms with Crippen molar-refractivity contribution in [3.63, 3.8) is 0 Å². The van der Waals surface area contributed by atoms with Crippen LogP contribution in [0.25, 0.3) is 0 Å². The zero-order chi connectivity index (χ0) is 32.7. The van der Waals surface area contributed by atoms with E-state index in [1.807, 2.05) is 32.0 Å². The Morgan fingerprint density at radius 1 is 0.889 bits per heavy atom. The maximum absolute atomic E-state index is 13.0. The molecule has 0 heterocycles. The van der Waals surface area contributed by atoms with E-state index in [1.165, 1.54) is 0 Å². The lowest BCUT2D eigenvalue weighted by Gasteiger charge is -2.62. The summed E-state index contributed by atoms with van der Waals surface area (Å²) < 4.78 is 0. The number of aryl methyl sites for hydroxylation is 2. The lowest BCUT2D eigenvalue weighted by Crippen LogP contribution is -2.58. The van der Waals surface area contributed by atoms with Crippen molar-refractivity contribution in [1.82, 2.24) is 5.32 Å². The molecule has 0 aliphatic heterocycles. The van der Waals surface area contributed by atoms with E-state index in [4.69, 9.17) is 0 Å². The Morgan fingerprint density at radius 3 is 2.22 bits per heavy atom. The highest BCUT2D eigenvalue weighted by Crippen LogP contribution is 2.68. The molecule has 1 aromatic rings. The van der Waals surface area contributed by atoms with E-state index in [2.05, 4.69) is 31.4 Å². The third kappa shape index (κ3) is 6.69. The summed E-state index contributed by atoms with van der Waals surface area (Å²) >= 11 is 0. The number of nitrogens with one attached hydrogen (secondary N) is 2. The Kier molecular flexibility index (Phi) is 10.1. The summed E-state index contributed by atoms with van der Waals surface area (Å²) in [6, 6.07) is 4.64. The highest BCUT2D eigenvalue weighted by atomic mass is 16.4. The summed E-state index contributed by atoms with van der Waals surface area (Å²) in [4.78, 5) is 37.5. The molecule has 11 atom stereocenters. The first-order chi connectivity index (χ1) is 21.2. The predicted octanol–water partition coefficient (Wildman–Crippen LogP) is 6.00. The van der Waals surface area contributed by atoms with Gasteiger partial charge in [0.05, 0.1) is 12.2 Å². The number of amides is 2. The fraction of sp³-hybridized carbons (Fsp3) is 0.757. The number of carboxylic acid groups (broad SMARTS) is 1. The number of aliphatic carboxylic acids is 1. The Bertz CT molecular complexity index is 1250. The summed E-state index contributed by atoms with van der Waals surface area (Å²) in [5.41, 5.74) is 2.96. The second-order valence-corrected chi connectivity index (χ2v) is 15.8. The molecule has 4 saturated carbocycles. The number of carboxylic acids is 1. The molecule has 0 aromatic heterocycles. The Morgan fingerprint density at radius 2 is 1.53 bits per heavy atom. The van der Waals surface area contributed by atoms with Gasteiger partial charge in [-0.25, -0.2) is 4.79 Å². The number of anilines is 1. The molecule has 4 fully saturated rings. The number of benzene rings is 1. The van der Waals surface area contributed by atoms with Crippen LogP contribution >= 0.6 is 0 Å². The highest BCUT2D eigenvalue weighted by Gasteiger charge is 2.62. The second kappa shape index (κ2) is 13.3. The van der Waals surface area contributed by atoms with Gasteiger partial charge < -0.3 is 26.0 Å². The van der Waals surface area contributed by atoms with Crippen molar-refractivity contribution in [3.05, 3.63) is 29.3 Å². The van der Waals surface area contributed by atoms with Crippen molar-refractivity contribution >= 4 is 23.5 Å². The summed E-state index contributed by atoms with van der Waals surface area (Å²) in [5, 5.41) is 37.2. The van der Waals surface area contributed by atoms with Crippen molar-refractivity contribution in [2.24, 2.45) is 46.3 Å². The number of aliphatic hydroxyl groups excluding tert-OH is 2. The van der Waals surface area contributed by atoms with Crippen LogP contribution < -0.4 is 10.6 Å². The van der Waals surface area contributed by atoms with Crippen LogP contribution in [-0.4, -0.2) is 51.4 Å². The van der Waals surface area contributed by atoms with Gasteiger partial charge in [-0.2, -0.15) is 0 Å². The van der Waals surface area contributed by atoms with E-state index in [-0.39, 0.29) is 54.1 Å². The van der Waals surface area contributed by atoms with Crippen molar-refractivity contribution in [1.29, 1.82) is 0 Å². The van der Waals surface area contributed by atoms with Crippen molar-refractivity contribution in [2.75, 3.05) is 5.32 Å². The van der Waals surface area contributed by atoms with Gasteiger partial charge in [-0.1, -0.05) is 39.0 Å². The second-order valence-electron chi connectivity index (χ2n) is 15.8. The van der Waals surface area contributed by atoms with Crippen LogP contribution in [0.2, 0.25) is 0 Å². The van der Waals surface area contributed by atoms with E-state index >= 15 is 0 Å². The molecule has 45 heavy (non-hydrogen) atoms. The first kappa shape index (κ1) is 33.9. The number of fused-ring (bicyclic) bond motifs is 5. The molecule has 4 aliphatic carbocycles. The smallest absolute Gasteiger partial charge is 0.326 e. The Labute approximate surface area is 269 Å². The number of rotatable bonds is 10. The van der Waals surface area contributed by atoms with Crippen LogP contribution in [0.1, 0.15) is 109 Å². The maximum Gasteiger partial charge on any atom is 0.326 e. The van der Waals surface area contributed by atoms with Gasteiger partial charge in [0.1, 0.15) is 6.04 Å². The first-order valence-electron chi connectivity index (χ1n) is 17.5. The van der Waals surface area contributed by atoms with Gasteiger partial charge >= 0.3 is 5.97 Å². The fourth-order valence-electron chi connectivity index (χ4n) is 10.7. The zero-order valence-corrected chi connectivity index (χ0v) is 28.0. The van der Waals surface area contributed by atoms with Crippen LogP contribution in [0.15, 0.2) is 18.2 Å². The van der Waals surface area contributed by atoms with Gasteiger partial charge in [0.25, 0.3) is 0 Å². The van der Waals surface area contributed by atoms with Gasteiger partial charge in [-0.3, -0.25) is 9.59 Å². The molecule has 5 rings (SSSR count). The maximum atomic E-state index is 13.0. The standard InChI is InChI=1S/C37H56N2O6/c1-21(9-13-31(42)38-29(35(44)45)12-14-32(43)39-34-22(2)7-6-8-23(34)3)26-10-11-27-33-28(16-18-37(26,27)5)36(4)17-15-25(40)19-24(36)20-30(33)41/h6-8,21,24-30,33,40-41H,9-20H2,1-5H3,(H,38,42)(H,39,43)(H,44,45)/t21-,24+,25-,26-,27+,28+,29+,30-,33+,36+,37-/m1/s1. The SMILES string of the molecule is Cc1cccc(C)c1NC(=O)CC[C@H](NC(=O)CC[C@@H](C)[C@H]1CC[C@H]2[C@@H]3[C@H](O)C[C@@H]4C[C@H](O)CC[C@]4(C)[C@H]3CC[C@]12C)C(=O)O. The molecule has 8 nitrogen and oxygen atoms in total. The molecule has 2 amide bonds. The average molecular weight is 625 g/mol. The highest BCUT2D eigenvalue weighted by molar-refractivity contribution is 5.93. The molecular weight excluding hydrogens is 568 g/mol. The van der Waals surface area contributed by atoms with Crippen molar-refractivity contribution < 1.29 is 29.7 Å². The molecule has 0 bridgehead atoms. The van der Waals surface area contributed by atoms with Gasteiger partial charge in [0.15, 0.2) is 0 Å². The monoisotopic (exact) mass is 624 g/mol. The van der Waals surface area contributed by atoms with Gasteiger partial charge in [0, 0.05) is 18.5 Å². The quantitative estimate of drug-likeness (QED) is 0.217. The lowest BCUT2D eigenvalue weighted by molar-refractivity contribution is -0.174. The van der Waals surface area contributed by atoms with Gasteiger partial charge in [-0.05, 0) is 136 Å². The first-order valence-corrected chi connectivity index (χ1v) is 17.5. The third-order valence-electron chi connectivity index (χ3n) is 13.3. The number of carbonyl (C=O) groups excluding carboxylic acids is 2. The number of aliphatic hydroxyl groups is 2. The molecule has 0 radical (unpaired) electrons. The van der Waals surface area contributed by atoms with E-state index < -0.39 is 12.0 Å². The third-order valence-corrected chi connectivity index (χ3v) is 13.3. The van der Waals surface area contributed by atoms with Crippen molar-refractivity contribution in [2.45, 2.75) is 130 Å². The molecule has 1 aromatic carbocycles. The largest absolute Gasteiger partial charge is 0.480 e. The summed E-state index contributed by atoms with van der Waals surface area (Å²) in [6.45, 7) is 10.9. The molecule has 250 valence electrons. The van der Waals surface area contributed by atoms with Crippen LogP contribution in [-0.2, 0) is 14.4 Å². The number of para-hydroxylation sites is 1. The molecule has 0 saturated heterocycles. The normalized spacial score (nSPS) is 37.0. The number of hydrogen-bond acceptors (Lipinski definition) is 5. The average Bonchev–Trinajstić information content (AvgIpc) is 3.34. The van der Waals surface area contributed by atoms with E-state index in [1.54, 1.807) is 0 Å². The molecule has 4 aliphatic rings. The molecule has 0 spiro atoms. The minimum absolute atomic E-state index is 0.00235. The van der Waals surface area contributed by atoms with E-state index in [0.717, 1.165) is 68.2 Å². The van der Waals surface area contributed by atoms with Crippen LogP contribution in [0, 0.1) is 60.2 Å². The summed E-state index contributed by atoms with van der Waals surface area (Å²) in [7, 11) is 0. The fourth-order valence-corrected chi connectivity index (χ4v) is 10.7. The lowest BCUT2D eigenvalue weighted by atomic mass is 9.43. The molecular formula is C37H56N2O6. The Hall–Kier alpha value is -2.45. The summed E-state index contributed by atoms with van der Waals surface area (Å²) in [5.74, 6) is 0.780. The van der Waals surface area contributed by atoms with Gasteiger partial charge in [-0.15, -0.1) is 0 Å².